The molecular formula is C34H26F5N3O5S. The summed E-state index contributed by atoms with van der Waals surface area (Å²) >= 11 is 0. The van der Waals surface area contributed by atoms with Crippen LogP contribution in [0.5, 0.6) is 0 Å². The van der Waals surface area contributed by atoms with Crippen LogP contribution in [0.2, 0.25) is 0 Å². The third kappa shape index (κ3) is 5.65. The topological polar surface area (TPSA) is 106 Å². The minimum absolute atomic E-state index is 0.00593. The first-order valence-electron chi connectivity index (χ1n) is 14.4. The van der Waals surface area contributed by atoms with E-state index < -0.39 is 39.3 Å². The van der Waals surface area contributed by atoms with Crippen molar-refractivity contribution in [3.8, 4) is 33.9 Å². The molecule has 0 aliphatic carbocycles. The lowest BCUT2D eigenvalue weighted by molar-refractivity contribution is -0.138. The van der Waals surface area contributed by atoms with Crippen LogP contribution in [0.3, 0.4) is 0 Å². The van der Waals surface area contributed by atoms with Crippen LogP contribution in [0.15, 0.2) is 75.6 Å². The molecule has 0 radical (unpaired) electrons. The van der Waals surface area contributed by atoms with Gasteiger partial charge in [0.25, 0.3) is 5.91 Å². The molecule has 4 aromatic carbocycles. The zero-order chi connectivity index (χ0) is 34.7. The lowest BCUT2D eigenvalue weighted by Crippen LogP contribution is -2.25. The highest BCUT2D eigenvalue weighted by molar-refractivity contribution is 7.92. The number of nitrogens with zero attached hydrogens (tertiary/aromatic N) is 2. The number of para-hydroxylation sites is 1. The molecule has 0 saturated heterocycles. The lowest BCUT2D eigenvalue weighted by Gasteiger charge is -2.24. The molecule has 0 atom stereocenters. The summed E-state index contributed by atoms with van der Waals surface area (Å²) < 4.78 is 111. The number of hydrogen-bond donors (Lipinski definition) is 1. The fraction of sp³-hybridized carbons (Fsp3) is 0.176. The van der Waals surface area contributed by atoms with E-state index in [4.69, 9.17) is 8.83 Å². The predicted octanol–water partition coefficient (Wildman–Crippen LogP) is 8.19. The normalized spacial score (nSPS) is 12.2. The van der Waals surface area contributed by atoms with E-state index in [-0.39, 0.29) is 73.6 Å². The summed E-state index contributed by atoms with van der Waals surface area (Å²) in [6.45, 7) is 1.52. The number of aromatic nitrogens is 1. The summed E-state index contributed by atoms with van der Waals surface area (Å²) in [6.07, 6.45) is -4.09. The van der Waals surface area contributed by atoms with Crippen LogP contribution in [-0.2, 0) is 22.6 Å². The van der Waals surface area contributed by atoms with Gasteiger partial charge >= 0.3 is 6.18 Å². The van der Waals surface area contributed by atoms with Crippen LogP contribution in [0.1, 0.15) is 28.4 Å². The molecule has 0 spiro atoms. The molecule has 1 amide bonds. The van der Waals surface area contributed by atoms with Crippen LogP contribution < -0.4 is 9.62 Å². The number of carbonyl (C=O) groups is 1. The number of halogens is 5. The fourth-order valence-electron chi connectivity index (χ4n) is 5.65. The van der Waals surface area contributed by atoms with Crippen molar-refractivity contribution in [3.05, 3.63) is 95.1 Å². The van der Waals surface area contributed by atoms with Gasteiger partial charge in [-0.2, -0.15) is 13.2 Å². The highest BCUT2D eigenvalue weighted by Crippen LogP contribution is 2.46. The first-order chi connectivity index (χ1) is 22.6. The van der Waals surface area contributed by atoms with E-state index in [0.717, 1.165) is 22.7 Å². The molecule has 0 saturated carbocycles. The average Bonchev–Trinajstić information content (AvgIpc) is 3.65. The van der Waals surface area contributed by atoms with E-state index >= 15 is 0 Å². The summed E-state index contributed by atoms with van der Waals surface area (Å²) in [7, 11) is -1.40. The Hall–Kier alpha value is -5.24. The molecule has 1 N–H and O–H groups in total. The molecule has 0 aliphatic rings. The molecule has 6 aromatic rings. The number of sulfonamides is 1. The van der Waals surface area contributed by atoms with Crippen molar-refractivity contribution < 1.29 is 44.0 Å². The van der Waals surface area contributed by atoms with E-state index in [0.29, 0.717) is 5.56 Å². The smallest absolute Gasteiger partial charge is 0.416 e. The van der Waals surface area contributed by atoms with Gasteiger partial charge in [0.1, 0.15) is 22.7 Å². The average molecular weight is 684 g/mol. The maximum absolute atomic E-state index is 14.7. The van der Waals surface area contributed by atoms with E-state index in [1.165, 1.54) is 75.6 Å². The number of benzene rings is 4. The molecule has 0 fully saturated rings. The zero-order valence-electron chi connectivity index (χ0n) is 25.8. The maximum atomic E-state index is 14.7. The Morgan fingerprint density at radius 1 is 0.938 bits per heavy atom. The minimum atomic E-state index is -4.88. The van der Waals surface area contributed by atoms with Crippen LogP contribution in [0, 0.1) is 11.6 Å². The number of carbonyl (C=O) groups excluding carboxylic acids is 1. The van der Waals surface area contributed by atoms with Crippen molar-refractivity contribution in [2.24, 2.45) is 0 Å². The molecule has 0 aliphatic heterocycles. The van der Waals surface area contributed by atoms with Gasteiger partial charge in [-0.1, -0.05) is 13.0 Å². The molecule has 2 heterocycles. The van der Waals surface area contributed by atoms with Crippen LogP contribution in [0.25, 0.3) is 56.0 Å². The lowest BCUT2D eigenvalue weighted by atomic mass is 9.89. The van der Waals surface area contributed by atoms with E-state index in [9.17, 15) is 35.2 Å². The van der Waals surface area contributed by atoms with Gasteiger partial charge in [0.2, 0.25) is 15.9 Å². The van der Waals surface area contributed by atoms with Gasteiger partial charge in [-0.15, -0.1) is 0 Å². The Labute approximate surface area is 270 Å². The van der Waals surface area contributed by atoms with Gasteiger partial charge in [-0.05, 0) is 72.1 Å². The Balaban J connectivity index is 1.74. The highest BCUT2D eigenvalue weighted by Gasteiger charge is 2.36. The van der Waals surface area contributed by atoms with Crippen LogP contribution in [0.4, 0.5) is 27.6 Å². The largest absolute Gasteiger partial charge is 0.455 e. The third-order valence-electron chi connectivity index (χ3n) is 8.02. The number of fused-ring (bicyclic) bond motifs is 2. The van der Waals surface area contributed by atoms with Gasteiger partial charge in [0.15, 0.2) is 11.4 Å². The zero-order valence-corrected chi connectivity index (χ0v) is 26.6. The predicted molar refractivity (Wildman–Crippen MR) is 171 cm³/mol. The van der Waals surface area contributed by atoms with Gasteiger partial charge < -0.3 is 14.2 Å². The van der Waals surface area contributed by atoms with E-state index in [2.05, 4.69) is 10.3 Å². The number of furan rings is 1. The number of alkyl halides is 3. The van der Waals surface area contributed by atoms with Gasteiger partial charge in [-0.25, -0.2) is 22.2 Å². The van der Waals surface area contributed by atoms with Crippen LogP contribution in [-0.4, -0.2) is 39.7 Å². The second-order valence-corrected chi connectivity index (χ2v) is 13.0. The fourth-order valence-corrected chi connectivity index (χ4v) is 6.16. The van der Waals surface area contributed by atoms with Gasteiger partial charge in [0, 0.05) is 42.2 Å². The highest BCUT2D eigenvalue weighted by atomic mass is 32.2. The number of anilines is 1. The van der Waals surface area contributed by atoms with Crippen molar-refractivity contribution >= 4 is 43.7 Å². The minimum Gasteiger partial charge on any atom is -0.455 e. The Kier molecular flexibility index (Phi) is 8.02. The third-order valence-corrected chi connectivity index (χ3v) is 9.21. The van der Waals surface area contributed by atoms with Crippen LogP contribution >= 0.6 is 0 Å². The Morgan fingerprint density at radius 2 is 1.65 bits per heavy atom. The Morgan fingerprint density at radius 3 is 2.25 bits per heavy atom. The summed E-state index contributed by atoms with van der Waals surface area (Å²) in [6, 6.07) is 14.0. The first kappa shape index (κ1) is 32.7. The molecule has 0 unspecified atom stereocenters. The SMILES string of the molecule is CCc1c(-c2cc3c(C(=O)NC)c(-c4ccc(F)cc4)oc3cc2N(C)S(C)(=O)=O)cc(-c2nc3c(F)cccc3o2)cc1C(F)(F)F. The summed E-state index contributed by atoms with van der Waals surface area (Å²) in [5, 5.41) is 2.67. The molecule has 2 aromatic heterocycles. The quantitative estimate of drug-likeness (QED) is 0.170. The number of nitrogens with one attached hydrogen (secondary N) is 1. The molecule has 248 valence electrons. The van der Waals surface area contributed by atoms with E-state index in [1.54, 1.807) is 0 Å². The second-order valence-electron chi connectivity index (χ2n) is 11.0. The molecular weight excluding hydrogens is 657 g/mol. The number of rotatable bonds is 7. The van der Waals surface area contributed by atoms with Crippen molar-refractivity contribution in [3.63, 3.8) is 0 Å². The summed E-state index contributed by atoms with van der Waals surface area (Å²) in [4.78, 5) is 17.4. The molecule has 8 nitrogen and oxygen atoms in total. The Bertz CT molecular complexity index is 2350. The molecule has 14 heteroatoms. The second kappa shape index (κ2) is 11.8. The van der Waals surface area contributed by atoms with E-state index in [1.807, 2.05) is 0 Å². The van der Waals surface area contributed by atoms with Crippen molar-refractivity contribution in [1.82, 2.24) is 10.3 Å². The number of oxazole rings is 1. The van der Waals surface area contributed by atoms with Crippen molar-refractivity contribution in [2.45, 2.75) is 19.5 Å². The first-order valence-corrected chi connectivity index (χ1v) is 16.3. The summed E-state index contributed by atoms with van der Waals surface area (Å²) in [5.74, 6) is -2.15. The van der Waals surface area contributed by atoms with Crippen molar-refractivity contribution in [2.75, 3.05) is 24.7 Å². The van der Waals surface area contributed by atoms with Gasteiger partial charge in [-0.3, -0.25) is 9.10 Å². The molecule has 48 heavy (non-hydrogen) atoms. The molecule has 6 rings (SSSR count). The summed E-state index contributed by atoms with van der Waals surface area (Å²) in [5.41, 5.74) is -1.26. The molecule has 0 bridgehead atoms. The standard InChI is InChI=1S/C34H26F5N3O5S/c1-5-20-21(13-18(14-24(20)34(37,38)39)33-41-30-25(36)7-6-8-27(30)47-33)22-15-23-28(16-26(22)42(3)48(4,44)45)46-31(29(23)32(43)40-2)17-9-11-19(35)12-10-17/h6-16H,5H2,1-4H3,(H,40,43). The maximum Gasteiger partial charge on any atom is 0.416 e. The van der Waals surface area contributed by atoms with Gasteiger partial charge in [0.05, 0.1) is 23.1 Å². The number of amides is 1. The number of hydrogen-bond acceptors (Lipinski definition) is 6. The monoisotopic (exact) mass is 683 g/mol. The van der Waals surface area contributed by atoms with Crippen molar-refractivity contribution in [1.29, 1.82) is 0 Å².